The highest BCUT2D eigenvalue weighted by Gasteiger charge is 2.26. The van der Waals surface area contributed by atoms with E-state index >= 15 is 0 Å². The number of piperazine rings is 1. The second kappa shape index (κ2) is 7.45. The summed E-state index contributed by atoms with van der Waals surface area (Å²) in [4.78, 5) is 9.77. The number of ether oxygens (including phenoxy) is 1. The molecule has 2 aliphatic heterocycles. The predicted octanol–water partition coefficient (Wildman–Crippen LogP) is 5.65. The van der Waals surface area contributed by atoms with Crippen LogP contribution in [-0.4, -0.2) is 36.9 Å². The normalized spacial score (nSPS) is 15.7. The van der Waals surface area contributed by atoms with Crippen LogP contribution in [0.4, 0.5) is 11.4 Å². The first-order valence-corrected chi connectivity index (χ1v) is 10.3. The molecule has 5 heteroatoms. The van der Waals surface area contributed by atoms with Gasteiger partial charge < -0.3 is 14.5 Å². The number of anilines is 1. The zero-order chi connectivity index (χ0) is 19.8. The Hall–Kier alpha value is -2.98. The van der Waals surface area contributed by atoms with Gasteiger partial charge in [0.15, 0.2) is 5.75 Å². The lowest BCUT2D eigenvalue weighted by Gasteiger charge is -2.37. The molecule has 3 aromatic carbocycles. The zero-order valence-corrected chi connectivity index (χ0v) is 17.1. The van der Waals surface area contributed by atoms with Crippen LogP contribution in [0.2, 0.25) is 5.02 Å². The predicted molar refractivity (Wildman–Crippen MR) is 119 cm³/mol. The van der Waals surface area contributed by atoms with Gasteiger partial charge in [0.1, 0.15) is 17.3 Å². The number of fused-ring (bicyclic) bond motifs is 2. The van der Waals surface area contributed by atoms with E-state index in [1.165, 1.54) is 11.3 Å². The van der Waals surface area contributed by atoms with Crippen molar-refractivity contribution < 1.29 is 4.74 Å². The molecule has 0 atom stereocenters. The third-order valence-electron chi connectivity index (χ3n) is 5.47. The number of hydrogen-bond donors (Lipinski definition) is 0. The Bertz CT molecular complexity index is 1070. The summed E-state index contributed by atoms with van der Waals surface area (Å²) in [5.74, 6) is 2.51. The highest BCUT2D eigenvalue weighted by atomic mass is 35.5. The molecule has 0 radical (unpaired) electrons. The van der Waals surface area contributed by atoms with Gasteiger partial charge in [-0.3, -0.25) is 0 Å². The molecule has 2 heterocycles. The van der Waals surface area contributed by atoms with Crippen molar-refractivity contribution in [3.05, 3.63) is 82.9 Å². The van der Waals surface area contributed by atoms with E-state index in [2.05, 4.69) is 47.1 Å². The Kier molecular flexibility index (Phi) is 4.64. The summed E-state index contributed by atoms with van der Waals surface area (Å²) < 4.78 is 6.17. The van der Waals surface area contributed by atoms with E-state index in [-0.39, 0.29) is 0 Å². The monoisotopic (exact) mass is 403 g/mol. The molecule has 4 nitrogen and oxygen atoms in total. The molecule has 0 N–H and O–H groups in total. The van der Waals surface area contributed by atoms with Crippen molar-refractivity contribution in [1.82, 2.24) is 4.90 Å². The minimum atomic E-state index is 0.658. The molecule has 2 aliphatic rings. The van der Waals surface area contributed by atoms with Crippen molar-refractivity contribution in [2.75, 3.05) is 31.1 Å². The number of nitrogens with zero attached hydrogens (tertiary/aromatic N) is 3. The van der Waals surface area contributed by atoms with Crippen LogP contribution in [-0.2, 0) is 0 Å². The highest BCUT2D eigenvalue weighted by Crippen LogP contribution is 2.39. The smallest absolute Gasteiger partial charge is 0.153 e. The Morgan fingerprint density at radius 3 is 2.34 bits per heavy atom. The molecule has 0 aliphatic carbocycles. The lowest BCUT2D eigenvalue weighted by Crippen LogP contribution is -2.49. The van der Waals surface area contributed by atoms with Crippen LogP contribution in [0.1, 0.15) is 11.1 Å². The molecule has 1 fully saturated rings. The van der Waals surface area contributed by atoms with E-state index in [0.717, 1.165) is 54.8 Å². The van der Waals surface area contributed by atoms with Crippen molar-refractivity contribution >= 4 is 28.8 Å². The molecule has 0 aromatic heterocycles. The maximum absolute atomic E-state index is 6.23. The SMILES string of the molecule is Cc1ccc(N2CCN(C3=Nc4cc(Cl)ccc4Oc4ccccc43)CC2)cc1. The van der Waals surface area contributed by atoms with Gasteiger partial charge in [-0.25, -0.2) is 4.99 Å². The number of hydrogen-bond acceptors (Lipinski definition) is 4. The van der Waals surface area contributed by atoms with E-state index in [1.807, 2.05) is 36.4 Å². The van der Waals surface area contributed by atoms with Gasteiger partial charge in [-0.1, -0.05) is 41.4 Å². The van der Waals surface area contributed by atoms with Crippen LogP contribution in [0.15, 0.2) is 71.7 Å². The van der Waals surface area contributed by atoms with Crippen LogP contribution in [0, 0.1) is 6.92 Å². The maximum atomic E-state index is 6.23. The highest BCUT2D eigenvalue weighted by molar-refractivity contribution is 6.31. The second-order valence-corrected chi connectivity index (χ2v) is 7.89. The molecule has 1 saturated heterocycles. The summed E-state index contributed by atoms with van der Waals surface area (Å²) in [6, 6.07) is 22.4. The van der Waals surface area contributed by atoms with Crippen molar-refractivity contribution in [3.63, 3.8) is 0 Å². The van der Waals surface area contributed by atoms with Gasteiger partial charge in [0, 0.05) is 36.9 Å². The van der Waals surface area contributed by atoms with Crippen LogP contribution < -0.4 is 9.64 Å². The van der Waals surface area contributed by atoms with Gasteiger partial charge >= 0.3 is 0 Å². The maximum Gasteiger partial charge on any atom is 0.153 e. The first-order valence-electron chi connectivity index (χ1n) is 9.89. The quantitative estimate of drug-likeness (QED) is 0.525. The second-order valence-electron chi connectivity index (χ2n) is 7.46. The van der Waals surface area contributed by atoms with Gasteiger partial charge in [0.05, 0.1) is 5.56 Å². The summed E-state index contributed by atoms with van der Waals surface area (Å²) >= 11 is 6.23. The Morgan fingerprint density at radius 1 is 0.828 bits per heavy atom. The molecule has 0 saturated carbocycles. The van der Waals surface area contributed by atoms with Gasteiger partial charge in [-0.15, -0.1) is 0 Å². The molecule has 5 rings (SSSR count). The first kappa shape index (κ1) is 18.1. The molecule has 146 valence electrons. The number of para-hydroxylation sites is 1. The number of halogens is 1. The molecule has 0 bridgehead atoms. The van der Waals surface area contributed by atoms with E-state index in [0.29, 0.717) is 5.02 Å². The van der Waals surface area contributed by atoms with Crippen LogP contribution in [0.3, 0.4) is 0 Å². The standard InChI is InChI=1S/C24H22ClN3O/c1-17-6-9-19(10-7-17)27-12-14-28(15-13-27)24-20-4-2-3-5-22(20)29-23-11-8-18(25)16-21(23)26-24/h2-11,16H,12-15H2,1H3. The Morgan fingerprint density at radius 2 is 1.55 bits per heavy atom. The molecule has 0 unspecified atom stereocenters. The summed E-state index contributed by atoms with van der Waals surface area (Å²) in [6.45, 7) is 5.82. The summed E-state index contributed by atoms with van der Waals surface area (Å²) in [7, 11) is 0. The van der Waals surface area contributed by atoms with Crippen LogP contribution >= 0.6 is 11.6 Å². The minimum Gasteiger partial charge on any atom is -0.454 e. The average Bonchev–Trinajstić information content (AvgIpc) is 2.91. The lowest BCUT2D eigenvalue weighted by molar-refractivity contribution is 0.386. The fourth-order valence-electron chi connectivity index (χ4n) is 3.87. The summed E-state index contributed by atoms with van der Waals surface area (Å²) in [6.07, 6.45) is 0. The third-order valence-corrected chi connectivity index (χ3v) is 5.71. The van der Waals surface area contributed by atoms with Gasteiger partial charge in [-0.05, 0) is 49.4 Å². The summed E-state index contributed by atoms with van der Waals surface area (Å²) in [5.41, 5.74) is 4.35. The number of aliphatic imine (C=N–C) groups is 1. The fraction of sp³-hybridized carbons (Fsp3) is 0.208. The Balaban J connectivity index is 1.46. The number of benzene rings is 3. The number of aryl methyl sites for hydroxylation is 1. The lowest BCUT2D eigenvalue weighted by atomic mass is 10.1. The molecule has 29 heavy (non-hydrogen) atoms. The molecule has 0 amide bonds. The van der Waals surface area contributed by atoms with Crippen LogP contribution in [0.5, 0.6) is 11.5 Å². The largest absolute Gasteiger partial charge is 0.454 e. The minimum absolute atomic E-state index is 0.658. The molecular weight excluding hydrogens is 382 g/mol. The third kappa shape index (κ3) is 3.56. The van der Waals surface area contributed by atoms with E-state index in [4.69, 9.17) is 21.3 Å². The first-order chi connectivity index (χ1) is 14.2. The van der Waals surface area contributed by atoms with Crippen molar-refractivity contribution in [2.45, 2.75) is 6.92 Å². The van der Waals surface area contributed by atoms with Crippen LogP contribution in [0.25, 0.3) is 0 Å². The fourth-order valence-corrected chi connectivity index (χ4v) is 4.04. The van der Waals surface area contributed by atoms with Gasteiger partial charge in [-0.2, -0.15) is 0 Å². The molecular formula is C24H22ClN3O. The number of amidine groups is 1. The Labute approximate surface area is 176 Å². The van der Waals surface area contributed by atoms with E-state index < -0.39 is 0 Å². The summed E-state index contributed by atoms with van der Waals surface area (Å²) in [5, 5.41) is 0.658. The molecule has 3 aromatic rings. The van der Waals surface area contributed by atoms with E-state index in [1.54, 1.807) is 0 Å². The van der Waals surface area contributed by atoms with Crippen molar-refractivity contribution in [3.8, 4) is 11.5 Å². The van der Waals surface area contributed by atoms with Gasteiger partial charge in [0.2, 0.25) is 0 Å². The van der Waals surface area contributed by atoms with Gasteiger partial charge in [0.25, 0.3) is 0 Å². The van der Waals surface area contributed by atoms with E-state index in [9.17, 15) is 0 Å². The molecule has 0 spiro atoms. The van der Waals surface area contributed by atoms with Crippen molar-refractivity contribution in [2.24, 2.45) is 4.99 Å². The average molecular weight is 404 g/mol. The topological polar surface area (TPSA) is 28.1 Å². The van der Waals surface area contributed by atoms with Crippen molar-refractivity contribution in [1.29, 1.82) is 0 Å². The number of rotatable bonds is 1. The zero-order valence-electron chi connectivity index (χ0n) is 16.3.